The standard InChI is InChI=1S/C16H16N2O2S/c1-10-14(11(2)18-20-16(19)13-8-9-13)21-15(17-10)12-6-4-3-5-7-12/h3-7,13H,8-9H2,1-2H3/b18-11+. The van der Waals surface area contributed by atoms with Gasteiger partial charge in [0.2, 0.25) is 0 Å². The largest absolute Gasteiger partial charge is 0.338 e. The Morgan fingerprint density at radius 3 is 2.71 bits per heavy atom. The SMILES string of the molecule is C/C(=N\OC(=O)C1CC1)c1sc(-c2ccccc2)nc1C. The first-order chi connectivity index (χ1) is 10.1. The van der Waals surface area contributed by atoms with Gasteiger partial charge in [0.15, 0.2) is 0 Å². The number of oxime groups is 1. The molecule has 3 rings (SSSR count). The summed E-state index contributed by atoms with van der Waals surface area (Å²) in [7, 11) is 0. The molecule has 1 heterocycles. The highest BCUT2D eigenvalue weighted by molar-refractivity contribution is 7.17. The Hall–Kier alpha value is -2.01. The van der Waals surface area contributed by atoms with Crippen molar-refractivity contribution in [3.63, 3.8) is 0 Å². The Kier molecular flexibility index (Phi) is 3.84. The van der Waals surface area contributed by atoms with Gasteiger partial charge in [0.1, 0.15) is 5.01 Å². The van der Waals surface area contributed by atoms with Crippen LogP contribution in [0.15, 0.2) is 35.5 Å². The lowest BCUT2D eigenvalue weighted by Gasteiger charge is -1.98. The third kappa shape index (κ3) is 3.19. The minimum Gasteiger partial charge on any atom is -0.318 e. The van der Waals surface area contributed by atoms with Gasteiger partial charge in [0.25, 0.3) is 0 Å². The highest BCUT2D eigenvalue weighted by Crippen LogP contribution is 2.31. The highest BCUT2D eigenvalue weighted by atomic mass is 32.1. The molecule has 1 fully saturated rings. The van der Waals surface area contributed by atoms with Crippen LogP contribution in [0, 0.1) is 12.8 Å². The number of benzene rings is 1. The maximum atomic E-state index is 11.5. The van der Waals surface area contributed by atoms with E-state index in [2.05, 4.69) is 10.1 Å². The predicted octanol–water partition coefficient (Wildman–Crippen LogP) is 3.80. The zero-order valence-corrected chi connectivity index (χ0v) is 12.8. The molecule has 1 aromatic carbocycles. The van der Waals surface area contributed by atoms with Crippen LogP contribution in [0.25, 0.3) is 10.6 Å². The van der Waals surface area contributed by atoms with E-state index in [-0.39, 0.29) is 11.9 Å². The minimum absolute atomic E-state index is 0.0592. The van der Waals surface area contributed by atoms with E-state index in [1.54, 1.807) is 11.3 Å². The number of aromatic nitrogens is 1. The molecule has 21 heavy (non-hydrogen) atoms. The molecule has 1 saturated carbocycles. The lowest BCUT2D eigenvalue weighted by molar-refractivity contribution is -0.145. The second-order valence-corrected chi connectivity index (χ2v) is 6.16. The molecule has 0 saturated heterocycles. The van der Waals surface area contributed by atoms with Crippen LogP contribution in [-0.2, 0) is 9.63 Å². The molecule has 0 aliphatic heterocycles. The van der Waals surface area contributed by atoms with Gasteiger partial charge in [0.05, 0.1) is 22.2 Å². The van der Waals surface area contributed by atoms with Gasteiger partial charge < -0.3 is 4.84 Å². The van der Waals surface area contributed by atoms with Crippen LogP contribution < -0.4 is 0 Å². The molecule has 108 valence electrons. The Morgan fingerprint density at radius 2 is 2.05 bits per heavy atom. The van der Waals surface area contributed by atoms with Crippen LogP contribution in [0.3, 0.4) is 0 Å². The van der Waals surface area contributed by atoms with Crippen molar-refractivity contribution in [3.05, 3.63) is 40.9 Å². The summed E-state index contributed by atoms with van der Waals surface area (Å²) >= 11 is 1.56. The lowest BCUT2D eigenvalue weighted by atomic mass is 10.2. The van der Waals surface area contributed by atoms with Crippen LogP contribution in [0.1, 0.15) is 30.3 Å². The predicted molar refractivity (Wildman–Crippen MR) is 83.3 cm³/mol. The molecule has 4 nitrogen and oxygen atoms in total. The van der Waals surface area contributed by atoms with Crippen LogP contribution in [0.5, 0.6) is 0 Å². The van der Waals surface area contributed by atoms with E-state index in [1.807, 2.05) is 44.2 Å². The third-order valence-electron chi connectivity index (χ3n) is 3.33. The first kappa shape index (κ1) is 13.9. The monoisotopic (exact) mass is 300 g/mol. The van der Waals surface area contributed by atoms with E-state index in [4.69, 9.17) is 4.84 Å². The van der Waals surface area contributed by atoms with Crippen LogP contribution in [0.4, 0.5) is 0 Å². The fraction of sp³-hybridized carbons (Fsp3) is 0.312. The maximum absolute atomic E-state index is 11.5. The summed E-state index contributed by atoms with van der Waals surface area (Å²) < 4.78 is 0. The van der Waals surface area contributed by atoms with E-state index in [9.17, 15) is 4.79 Å². The summed E-state index contributed by atoms with van der Waals surface area (Å²) in [4.78, 5) is 22.0. The molecular formula is C16H16N2O2S. The first-order valence-corrected chi connectivity index (χ1v) is 7.75. The second-order valence-electron chi connectivity index (χ2n) is 5.16. The molecule has 0 spiro atoms. The summed E-state index contributed by atoms with van der Waals surface area (Å²) in [6, 6.07) is 10.0. The number of thiazole rings is 1. The molecule has 1 aliphatic rings. The second kappa shape index (κ2) is 5.77. The van der Waals surface area contributed by atoms with E-state index in [0.29, 0.717) is 5.71 Å². The van der Waals surface area contributed by atoms with Crippen molar-refractivity contribution in [2.45, 2.75) is 26.7 Å². The van der Waals surface area contributed by atoms with Crippen LogP contribution >= 0.6 is 11.3 Å². The Bertz CT molecular complexity index is 688. The highest BCUT2D eigenvalue weighted by Gasteiger charge is 2.31. The van der Waals surface area contributed by atoms with Crippen LogP contribution in [0.2, 0.25) is 0 Å². The number of carbonyl (C=O) groups is 1. The van der Waals surface area contributed by atoms with Gasteiger partial charge in [-0.15, -0.1) is 11.3 Å². The number of aryl methyl sites for hydroxylation is 1. The Balaban J connectivity index is 1.80. The summed E-state index contributed by atoms with van der Waals surface area (Å²) in [6.07, 6.45) is 1.84. The van der Waals surface area contributed by atoms with Gasteiger partial charge in [-0.25, -0.2) is 9.78 Å². The molecule has 1 aliphatic carbocycles. The number of hydrogen-bond acceptors (Lipinski definition) is 5. The summed E-state index contributed by atoms with van der Waals surface area (Å²) in [5, 5.41) is 4.91. The Morgan fingerprint density at radius 1 is 1.33 bits per heavy atom. The molecule has 0 radical (unpaired) electrons. The first-order valence-electron chi connectivity index (χ1n) is 6.94. The van der Waals surface area contributed by atoms with Gasteiger partial charge in [-0.1, -0.05) is 35.5 Å². The summed E-state index contributed by atoms with van der Waals surface area (Å²) in [6.45, 7) is 3.79. The molecule has 0 unspecified atom stereocenters. The molecular weight excluding hydrogens is 284 g/mol. The van der Waals surface area contributed by atoms with Gasteiger partial charge in [-0.05, 0) is 26.7 Å². The van der Waals surface area contributed by atoms with Gasteiger partial charge in [-0.2, -0.15) is 0 Å². The number of hydrogen-bond donors (Lipinski definition) is 0. The lowest BCUT2D eigenvalue weighted by Crippen LogP contribution is -2.04. The molecule has 0 amide bonds. The zero-order chi connectivity index (χ0) is 14.8. The van der Waals surface area contributed by atoms with Crippen molar-refractivity contribution in [2.75, 3.05) is 0 Å². The summed E-state index contributed by atoms with van der Waals surface area (Å²) in [5.74, 6) is -0.163. The van der Waals surface area contributed by atoms with Crippen molar-refractivity contribution in [2.24, 2.45) is 11.1 Å². The number of nitrogens with zero attached hydrogens (tertiary/aromatic N) is 2. The van der Waals surface area contributed by atoms with Gasteiger partial charge >= 0.3 is 5.97 Å². The average Bonchev–Trinajstić information content (AvgIpc) is 3.28. The van der Waals surface area contributed by atoms with E-state index in [0.717, 1.165) is 34.0 Å². The molecule has 5 heteroatoms. The van der Waals surface area contributed by atoms with E-state index >= 15 is 0 Å². The molecule has 0 N–H and O–H groups in total. The zero-order valence-electron chi connectivity index (χ0n) is 12.0. The van der Waals surface area contributed by atoms with Gasteiger partial charge in [0, 0.05) is 5.56 Å². The topological polar surface area (TPSA) is 51.5 Å². The fourth-order valence-electron chi connectivity index (χ4n) is 1.98. The van der Waals surface area contributed by atoms with E-state index < -0.39 is 0 Å². The average molecular weight is 300 g/mol. The molecule has 0 atom stereocenters. The minimum atomic E-state index is -0.222. The van der Waals surface area contributed by atoms with Crippen molar-refractivity contribution < 1.29 is 9.63 Å². The molecule has 2 aromatic rings. The van der Waals surface area contributed by atoms with Crippen molar-refractivity contribution in [1.82, 2.24) is 4.98 Å². The summed E-state index contributed by atoms with van der Waals surface area (Å²) in [5.41, 5.74) is 2.68. The number of carbonyl (C=O) groups excluding carboxylic acids is 1. The Labute approximate surface area is 127 Å². The van der Waals surface area contributed by atoms with Crippen molar-refractivity contribution >= 4 is 23.0 Å². The quantitative estimate of drug-likeness (QED) is 0.490. The van der Waals surface area contributed by atoms with Crippen molar-refractivity contribution in [3.8, 4) is 10.6 Å². The normalized spacial score (nSPS) is 15.0. The molecule has 0 bridgehead atoms. The third-order valence-corrected chi connectivity index (χ3v) is 4.64. The smallest absolute Gasteiger partial charge is 0.318 e. The fourth-order valence-corrected chi connectivity index (χ4v) is 2.99. The maximum Gasteiger partial charge on any atom is 0.338 e. The molecule has 1 aromatic heterocycles. The van der Waals surface area contributed by atoms with Gasteiger partial charge in [-0.3, -0.25) is 0 Å². The van der Waals surface area contributed by atoms with Crippen molar-refractivity contribution in [1.29, 1.82) is 0 Å². The van der Waals surface area contributed by atoms with E-state index in [1.165, 1.54) is 0 Å². The van der Waals surface area contributed by atoms with Crippen LogP contribution in [-0.4, -0.2) is 16.7 Å². The number of rotatable bonds is 4.